The second-order valence-corrected chi connectivity index (χ2v) is 9.79. The summed E-state index contributed by atoms with van der Waals surface area (Å²) in [6, 6.07) is 4.85. The van der Waals surface area contributed by atoms with E-state index in [1.165, 1.54) is 25.3 Å². The van der Waals surface area contributed by atoms with Crippen LogP contribution in [0.4, 0.5) is 11.6 Å². The van der Waals surface area contributed by atoms with E-state index in [1.54, 1.807) is 12.1 Å². The first-order chi connectivity index (χ1) is 22.4. The van der Waals surface area contributed by atoms with Crippen LogP contribution in [0.25, 0.3) is 11.2 Å². The quantitative estimate of drug-likeness (QED) is 0.0602. The molecule has 2 heterocycles. The van der Waals surface area contributed by atoms with Crippen LogP contribution in [0.1, 0.15) is 35.8 Å². The van der Waals surface area contributed by atoms with Gasteiger partial charge in [0.15, 0.2) is 17.8 Å². The lowest BCUT2D eigenvalue weighted by atomic mass is 10.1. The number of anilines is 2. The third-order valence-electron chi connectivity index (χ3n) is 6.10. The normalized spacial score (nSPS) is 12.0. The van der Waals surface area contributed by atoms with Crippen LogP contribution in [-0.2, 0) is 39.9 Å². The van der Waals surface area contributed by atoms with E-state index in [0.717, 1.165) is 0 Å². The molecule has 0 radical (unpaired) electrons. The van der Waals surface area contributed by atoms with Crippen molar-refractivity contribution in [2.45, 2.75) is 38.5 Å². The first kappa shape index (κ1) is 35.8. The van der Waals surface area contributed by atoms with Gasteiger partial charge in [0.25, 0.3) is 11.5 Å². The number of nitrogen functional groups attached to an aromatic ring is 1. The summed E-state index contributed by atoms with van der Waals surface area (Å²) in [5.41, 5.74) is 6.40. The third-order valence-corrected chi connectivity index (χ3v) is 6.10. The van der Waals surface area contributed by atoms with Gasteiger partial charge in [-0.3, -0.25) is 19.4 Å². The van der Waals surface area contributed by atoms with E-state index in [4.69, 9.17) is 20.3 Å². The Bertz CT molecular complexity index is 1630. The van der Waals surface area contributed by atoms with Gasteiger partial charge in [0.1, 0.15) is 18.8 Å². The van der Waals surface area contributed by atoms with Crippen LogP contribution in [0.15, 0.2) is 35.3 Å². The van der Waals surface area contributed by atoms with Gasteiger partial charge in [0.2, 0.25) is 11.9 Å². The molecular weight excluding hydrogens is 624 g/mol. The highest BCUT2D eigenvalue weighted by Crippen LogP contribution is 2.12. The number of aliphatic carboxylic acids is 1. The molecule has 0 saturated carbocycles. The zero-order chi connectivity index (χ0) is 34.3. The monoisotopic (exact) mass is 658 g/mol. The van der Waals surface area contributed by atoms with E-state index in [-0.39, 0.29) is 68.4 Å². The molecule has 0 bridgehead atoms. The molecule has 0 aliphatic heterocycles. The second kappa shape index (κ2) is 17.7. The third kappa shape index (κ3) is 12.0. The largest absolute Gasteiger partial charge is 0.480 e. The van der Waals surface area contributed by atoms with E-state index in [1.807, 2.05) is 0 Å². The van der Waals surface area contributed by atoms with Crippen molar-refractivity contribution in [2.75, 3.05) is 44.0 Å². The molecule has 0 aliphatic carbocycles. The molecule has 19 heteroatoms. The van der Waals surface area contributed by atoms with Gasteiger partial charge in [0, 0.05) is 24.2 Å². The summed E-state index contributed by atoms with van der Waals surface area (Å²) in [5.74, 6) is -4.26. The van der Waals surface area contributed by atoms with Gasteiger partial charge in [0.05, 0.1) is 31.6 Å². The maximum absolute atomic E-state index is 12.7. The zero-order valence-corrected chi connectivity index (χ0v) is 25.2. The number of aliphatic hydroxyl groups excluding tert-OH is 1. The Labute approximate surface area is 266 Å². The molecule has 2 atom stereocenters. The van der Waals surface area contributed by atoms with Crippen molar-refractivity contribution in [3.05, 3.63) is 52.1 Å². The molecule has 8 N–H and O–H groups in total. The van der Waals surface area contributed by atoms with E-state index >= 15 is 0 Å². The Morgan fingerprint density at radius 2 is 1.79 bits per heavy atom. The minimum absolute atomic E-state index is 0.00566. The van der Waals surface area contributed by atoms with Gasteiger partial charge in [-0.25, -0.2) is 24.4 Å². The Morgan fingerprint density at radius 1 is 1.04 bits per heavy atom. The number of aromatic nitrogens is 4. The predicted molar refractivity (Wildman–Crippen MR) is 162 cm³/mol. The number of fused-ring (bicyclic) bond motifs is 1. The van der Waals surface area contributed by atoms with Gasteiger partial charge < -0.3 is 46.1 Å². The molecule has 47 heavy (non-hydrogen) atoms. The molecule has 0 saturated heterocycles. The molecule has 19 nitrogen and oxygen atoms in total. The van der Waals surface area contributed by atoms with Crippen LogP contribution in [-0.4, -0.2) is 105 Å². The van der Waals surface area contributed by atoms with Crippen LogP contribution in [0, 0.1) is 0 Å². The number of aromatic amines is 1. The van der Waals surface area contributed by atoms with Gasteiger partial charge >= 0.3 is 17.9 Å². The Hall–Kier alpha value is -5.69. The molecule has 0 spiro atoms. The number of amides is 2. The van der Waals surface area contributed by atoms with Gasteiger partial charge in [-0.1, -0.05) is 0 Å². The van der Waals surface area contributed by atoms with E-state index in [2.05, 4.69) is 40.6 Å². The second-order valence-electron chi connectivity index (χ2n) is 9.79. The highest BCUT2D eigenvalue weighted by Gasteiger charge is 2.22. The first-order valence-electron chi connectivity index (χ1n) is 14.2. The molecule has 3 aromatic rings. The molecule has 2 aromatic heterocycles. The standard InChI is InChI=1S/C28H34N8O11/c1-15(37)27(44)47-14-21(39)46-11-10-45-9-8-30-20(38)7-6-19(26(42)43)34-24(40)16-2-4-17(5-3-16)31-12-18-13-32-23-22(33-18)25(41)36-28(29)35-23/h2-5,13,15,19,31,37H,6-12,14H2,1H3,(H,30,38)(H,34,40)(H,42,43)(H3,29,32,35,36,41). The number of hydrogen-bond donors (Lipinski definition) is 7. The molecular formula is C28H34N8O11. The Balaban J connectivity index is 1.34. The fourth-order valence-electron chi connectivity index (χ4n) is 3.72. The predicted octanol–water partition coefficient (Wildman–Crippen LogP) is -1.53. The van der Waals surface area contributed by atoms with Gasteiger partial charge in [-0.15, -0.1) is 0 Å². The smallest absolute Gasteiger partial charge is 0.344 e. The summed E-state index contributed by atoms with van der Waals surface area (Å²) in [5, 5.41) is 26.5. The SMILES string of the molecule is CC(O)C(=O)OCC(=O)OCCOCCNC(=O)CCC(NC(=O)c1ccc(NCc2cnc3nc(N)[nH]c(=O)c3n2)cc1)C(=O)O. The number of H-pyrrole nitrogens is 1. The first-order valence-corrected chi connectivity index (χ1v) is 14.2. The van der Waals surface area contributed by atoms with Crippen molar-refractivity contribution < 1.29 is 48.4 Å². The van der Waals surface area contributed by atoms with Crippen LogP contribution in [0.2, 0.25) is 0 Å². The van der Waals surface area contributed by atoms with Crippen molar-refractivity contribution in [3.63, 3.8) is 0 Å². The average Bonchev–Trinajstić information content (AvgIpc) is 3.04. The number of carbonyl (C=O) groups is 5. The molecule has 2 unspecified atom stereocenters. The maximum atomic E-state index is 12.7. The molecule has 1 aromatic carbocycles. The summed E-state index contributed by atoms with van der Waals surface area (Å²) in [7, 11) is 0. The lowest BCUT2D eigenvalue weighted by molar-refractivity contribution is -0.164. The molecule has 3 rings (SSSR count). The maximum Gasteiger partial charge on any atom is 0.344 e. The van der Waals surface area contributed by atoms with Crippen LogP contribution in [0.5, 0.6) is 0 Å². The van der Waals surface area contributed by atoms with E-state index < -0.39 is 54.0 Å². The van der Waals surface area contributed by atoms with Gasteiger partial charge in [-0.2, -0.15) is 4.98 Å². The number of nitrogens with zero attached hydrogens (tertiary/aromatic N) is 3. The zero-order valence-electron chi connectivity index (χ0n) is 25.2. The number of rotatable bonds is 18. The lowest BCUT2D eigenvalue weighted by Crippen LogP contribution is -2.41. The molecule has 2 amide bonds. The lowest BCUT2D eigenvalue weighted by Gasteiger charge is -2.15. The summed E-state index contributed by atoms with van der Waals surface area (Å²) in [4.78, 5) is 85.6. The topological polar surface area (TPSA) is 287 Å². The van der Waals surface area contributed by atoms with Crippen molar-refractivity contribution in [1.29, 1.82) is 0 Å². The highest BCUT2D eigenvalue weighted by molar-refractivity contribution is 5.97. The van der Waals surface area contributed by atoms with Crippen molar-refractivity contribution >= 4 is 52.5 Å². The number of nitrogens with one attached hydrogen (secondary N) is 4. The Kier molecular flexibility index (Phi) is 13.5. The number of carboxylic acid groups (broad SMARTS) is 1. The molecule has 0 aliphatic rings. The minimum Gasteiger partial charge on any atom is -0.480 e. The average molecular weight is 659 g/mol. The van der Waals surface area contributed by atoms with Crippen LogP contribution >= 0.6 is 0 Å². The van der Waals surface area contributed by atoms with Crippen LogP contribution < -0.4 is 27.2 Å². The Morgan fingerprint density at radius 3 is 2.49 bits per heavy atom. The summed E-state index contributed by atoms with van der Waals surface area (Å²) >= 11 is 0. The van der Waals surface area contributed by atoms with E-state index in [0.29, 0.717) is 11.4 Å². The van der Waals surface area contributed by atoms with Crippen molar-refractivity contribution in [1.82, 2.24) is 30.6 Å². The summed E-state index contributed by atoms with van der Waals surface area (Å²) in [6.45, 7) is 0.803. The number of esters is 2. The number of hydrogen-bond acceptors (Lipinski definition) is 15. The fraction of sp³-hybridized carbons (Fsp3) is 0.393. The number of carbonyl (C=O) groups excluding carboxylic acids is 4. The van der Waals surface area contributed by atoms with Crippen molar-refractivity contribution in [3.8, 4) is 0 Å². The number of carboxylic acids is 1. The number of aliphatic hydroxyl groups is 1. The number of benzene rings is 1. The van der Waals surface area contributed by atoms with Crippen LogP contribution in [0.3, 0.4) is 0 Å². The number of ether oxygens (including phenoxy) is 3. The summed E-state index contributed by atoms with van der Waals surface area (Å²) in [6.07, 6.45) is -0.264. The molecule has 0 fully saturated rings. The van der Waals surface area contributed by atoms with Crippen molar-refractivity contribution in [2.24, 2.45) is 0 Å². The fourth-order valence-corrected chi connectivity index (χ4v) is 3.72. The number of nitrogens with two attached hydrogens (primary N) is 1. The minimum atomic E-state index is -1.36. The summed E-state index contributed by atoms with van der Waals surface area (Å²) < 4.78 is 14.5. The van der Waals surface area contributed by atoms with Gasteiger partial charge in [-0.05, 0) is 37.6 Å². The van der Waals surface area contributed by atoms with E-state index in [9.17, 15) is 33.9 Å². The molecule has 252 valence electrons. The highest BCUT2D eigenvalue weighted by atomic mass is 16.6.